The quantitative estimate of drug-likeness (QED) is 0.0228. The summed E-state index contributed by atoms with van der Waals surface area (Å²) < 4.78 is 28.4. The molecule has 1 saturated heterocycles. The molecule has 81 heavy (non-hydrogen) atoms. The van der Waals surface area contributed by atoms with E-state index in [0.717, 1.165) is 141 Å². The van der Waals surface area contributed by atoms with Crippen LogP contribution in [-0.2, 0) is 42.9 Å². The summed E-state index contributed by atoms with van der Waals surface area (Å²) >= 11 is 0. The van der Waals surface area contributed by atoms with Crippen LogP contribution < -0.4 is 0 Å². The summed E-state index contributed by atoms with van der Waals surface area (Å²) in [5.41, 5.74) is 0. The second-order valence-electron chi connectivity index (χ2n) is 20.6. The highest BCUT2D eigenvalue weighted by Gasteiger charge is 2.50. The summed E-state index contributed by atoms with van der Waals surface area (Å²) in [7, 11) is 0. The average molecular weight is 1130 g/mol. The van der Waals surface area contributed by atoms with Gasteiger partial charge in [-0.25, -0.2) is 4.79 Å². The molecule has 1 rings (SSSR count). The maximum absolute atomic E-state index is 13.2. The third kappa shape index (κ3) is 45.1. The van der Waals surface area contributed by atoms with E-state index in [1.54, 1.807) is 0 Å². The average Bonchev–Trinajstić information content (AvgIpc) is 3.53. The van der Waals surface area contributed by atoms with E-state index in [1.165, 1.54) is 19.3 Å². The standard InChI is InChI=1S/C69H108O12/c1-4-7-10-13-16-19-22-25-28-31-34-37-40-43-46-49-52-55-61(70)77-58-60(79-62(71)56-53-50-47-44-41-38-35-32-29-26-23-20-17-14-11-8-5-2)59-78-69-67(65(74)64(73)66(81-69)68(75)76)80-63(72)57-54-51-48-45-42-39-36-33-30-27-24-21-18-15-12-9-6-3/h7,9-10,12,16-21,25-30,34,36-37,39,43,46,60,64-67,69,73-74H,4-6,8,11,13-15,22-24,31-33,35,38,40-42,44-45,47-59H2,1-3H3,(H,75,76)/b10-7-,12-9-,19-16-,20-17-,21-18-,28-25-,29-26-,30-27-,37-34-,39-36-,46-43-. The molecule has 12 nitrogen and oxygen atoms in total. The summed E-state index contributed by atoms with van der Waals surface area (Å²) in [6.45, 7) is 5.67. The first-order valence-electron chi connectivity index (χ1n) is 31.2. The molecular weight excluding hydrogens is 1020 g/mol. The molecule has 1 aliphatic heterocycles. The Morgan fingerprint density at radius 1 is 0.420 bits per heavy atom. The van der Waals surface area contributed by atoms with Crippen molar-refractivity contribution < 1.29 is 58.2 Å². The lowest BCUT2D eigenvalue weighted by Crippen LogP contribution is -2.61. The Hall–Kier alpha value is -5.14. The molecule has 6 atom stereocenters. The minimum atomic E-state index is -1.93. The minimum absolute atomic E-state index is 0.0187. The van der Waals surface area contributed by atoms with Crippen LogP contribution in [-0.4, -0.2) is 89.2 Å². The maximum atomic E-state index is 13.2. The van der Waals surface area contributed by atoms with Crippen LogP contribution in [0.5, 0.6) is 0 Å². The molecule has 1 fully saturated rings. The Balaban J connectivity index is 2.75. The number of hydrogen-bond acceptors (Lipinski definition) is 11. The second-order valence-corrected chi connectivity index (χ2v) is 20.6. The highest BCUT2D eigenvalue weighted by atomic mass is 16.7. The summed E-state index contributed by atoms with van der Waals surface area (Å²) in [5.74, 6) is -3.26. The molecule has 0 aliphatic carbocycles. The number of aliphatic hydroxyl groups is 2. The van der Waals surface area contributed by atoms with Gasteiger partial charge in [0.05, 0.1) is 6.61 Å². The van der Waals surface area contributed by atoms with Crippen molar-refractivity contribution in [2.75, 3.05) is 13.2 Å². The first kappa shape index (κ1) is 73.9. The van der Waals surface area contributed by atoms with Crippen LogP contribution in [0, 0.1) is 0 Å². The number of rotatable bonds is 51. The van der Waals surface area contributed by atoms with Crippen molar-refractivity contribution in [3.05, 3.63) is 134 Å². The van der Waals surface area contributed by atoms with Crippen LogP contribution in [0.25, 0.3) is 0 Å². The first-order valence-corrected chi connectivity index (χ1v) is 31.2. The Bertz CT molecular complexity index is 1920. The summed E-state index contributed by atoms with van der Waals surface area (Å²) in [4.78, 5) is 51.3. The lowest BCUT2D eigenvalue weighted by atomic mass is 9.98. The highest BCUT2D eigenvalue weighted by molar-refractivity contribution is 5.74. The van der Waals surface area contributed by atoms with E-state index in [0.29, 0.717) is 25.7 Å². The molecule has 0 amide bonds. The Morgan fingerprint density at radius 3 is 1.22 bits per heavy atom. The molecule has 6 unspecified atom stereocenters. The number of ether oxygens (including phenoxy) is 5. The Labute approximate surface area is 490 Å². The Morgan fingerprint density at radius 2 is 0.790 bits per heavy atom. The zero-order chi connectivity index (χ0) is 58.9. The van der Waals surface area contributed by atoms with Gasteiger partial charge in [0.25, 0.3) is 0 Å². The number of carboxylic acids is 1. The molecule has 0 aromatic heterocycles. The maximum Gasteiger partial charge on any atom is 0.335 e. The third-order valence-corrected chi connectivity index (χ3v) is 13.2. The van der Waals surface area contributed by atoms with E-state index in [2.05, 4.69) is 148 Å². The molecule has 0 aromatic rings. The third-order valence-electron chi connectivity index (χ3n) is 13.2. The van der Waals surface area contributed by atoms with Crippen LogP contribution >= 0.6 is 0 Å². The van der Waals surface area contributed by atoms with E-state index in [-0.39, 0.29) is 25.9 Å². The zero-order valence-corrected chi connectivity index (χ0v) is 50.2. The Kier molecular flexibility index (Phi) is 50.5. The number of esters is 3. The van der Waals surface area contributed by atoms with Crippen LogP contribution in [0.3, 0.4) is 0 Å². The van der Waals surface area contributed by atoms with Gasteiger partial charge in [-0.15, -0.1) is 0 Å². The topological polar surface area (TPSA) is 175 Å². The van der Waals surface area contributed by atoms with Crippen LogP contribution in [0.4, 0.5) is 0 Å². The van der Waals surface area contributed by atoms with Crippen molar-refractivity contribution in [2.45, 2.75) is 263 Å². The fourth-order valence-corrected chi connectivity index (χ4v) is 8.48. The largest absolute Gasteiger partial charge is 0.479 e. The van der Waals surface area contributed by atoms with Gasteiger partial charge in [0.2, 0.25) is 0 Å². The van der Waals surface area contributed by atoms with Crippen molar-refractivity contribution in [3.63, 3.8) is 0 Å². The van der Waals surface area contributed by atoms with Gasteiger partial charge in [-0.05, 0) is 128 Å². The van der Waals surface area contributed by atoms with E-state index >= 15 is 0 Å². The van der Waals surface area contributed by atoms with Gasteiger partial charge in [-0.3, -0.25) is 14.4 Å². The van der Waals surface area contributed by atoms with E-state index < -0.39 is 67.3 Å². The number of carbonyl (C=O) groups is 4. The van der Waals surface area contributed by atoms with Crippen molar-refractivity contribution in [1.82, 2.24) is 0 Å². The van der Waals surface area contributed by atoms with Gasteiger partial charge in [0, 0.05) is 19.3 Å². The number of unbranched alkanes of at least 4 members (excludes halogenated alkanes) is 15. The predicted octanol–water partition coefficient (Wildman–Crippen LogP) is 16.6. The fraction of sp³-hybridized carbons (Fsp3) is 0.623. The summed E-state index contributed by atoms with van der Waals surface area (Å²) in [6.07, 6.45) is 65.5. The van der Waals surface area contributed by atoms with Crippen molar-refractivity contribution in [1.29, 1.82) is 0 Å². The van der Waals surface area contributed by atoms with Gasteiger partial charge >= 0.3 is 23.9 Å². The molecule has 3 N–H and O–H groups in total. The van der Waals surface area contributed by atoms with Crippen LogP contribution in [0.1, 0.15) is 226 Å². The normalized spacial score (nSPS) is 18.7. The molecule has 1 aliphatic rings. The highest BCUT2D eigenvalue weighted by Crippen LogP contribution is 2.26. The summed E-state index contributed by atoms with van der Waals surface area (Å²) in [6, 6.07) is 0. The number of aliphatic hydroxyl groups excluding tert-OH is 2. The van der Waals surface area contributed by atoms with E-state index in [4.69, 9.17) is 23.7 Å². The fourth-order valence-electron chi connectivity index (χ4n) is 8.48. The molecule has 0 bridgehead atoms. The monoisotopic (exact) mass is 1130 g/mol. The molecule has 12 heteroatoms. The molecular formula is C69H108O12. The number of aliphatic carboxylic acids is 1. The lowest BCUT2D eigenvalue weighted by Gasteiger charge is -2.40. The summed E-state index contributed by atoms with van der Waals surface area (Å²) in [5, 5.41) is 31.6. The lowest BCUT2D eigenvalue weighted by molar-refractivity contribution is -0.301. The zero-order valence-electron chi connectivity index (χ0n) is 50.2. The number of carboxylic acid groups (broad SMARTS) is 1. The van der Waals surface area contributed by atoms with Gasteiger partial charge in [0.15, 0.2) is 24.6 Å². The number of allylic oxidation sites excluding steroid dienone is 22. The predicted molar refractivity (Wildman–Crippen MR) is 330 cm³/mol. The van der Waals surface area contributed by atoms with Crippen LogP contribution in [0.15, 0.2) is 134 Å². The van der Waals surface area contributed by atoms with Crippen LogP contribution in [0.2, 0.25) is 0 Å². The van der Waals surface area contributed by atoms with Crippen molar-refractivity contribution >= 4 is 23.9 Å². The van der Waals surface area contributed by atoms with Gasteiger partial charge in [-0.2, -0.15) is 0 Å². The molecule has 0 aromatic carbocycles. The SMILES string of the molecule is CC/C=C\C/C=C\C/C=C\C/C=C\C/C=C\CCCC(=O)OCC(COC1OC(C(=O)O)C(O)C(O)C1OC(=O)CCCCCC/C=C\C/C=C\C/C=C\C/C=C\CC)OC(=O)CCCCCCCCC/C=C\C/C=C\CCCCC. The van der Waals surface area contributed by atoms with E-state index in [1.807, 2.05) is 6.08 Å². The number of carbonyl (C=O) groups excluding carboxylic acids is 3. The second kappa shape index (κ2) is 55.4. The molecule has 0 spiro atoms. The van der Waals surface area contributed by atoms with Crippen molar-refractivity contribution in [3.8, 4) is 0 Å². The molecule has 0 radical (unpaired) electrons. The van der Waals surface area contributed by atoms with Gasteiger partial charge in [0.1, 0.15) is 18.8 Å². The smallest absolute Gasteiger partial charge is 0.335 e. The first-order chi connectivity index (χ1) is 39.6. The molecule has 1 heterocycles. The molecule has 456 valence electrons. The van der Waals surface area contributed by atoms with Gasteiger partial charge < -0.3 is 39.0 Å². The number of hydrogen-bond donors (Lipinski definition) is 3. The van der Waals surface area contributed by atoms with Gasteiger partial charge in [-0.1, -0.05) is 212 Å². The minimum Gasteiger partial charge on any atom is -0.479 e. The van der Waals surface area contributed by atoms with Crippen molar-refractivity contribution in [2.24, 2.45) is 0 Å². The molecule has 0 saturated carbocycles. The van der Waals surface area contributed by atoms with E-state index in [9.17, 15) is 34.5 Å².